The van der Waals surface area contributed by atoms with Crippen molar-refractivity contribution >= 4 is 11.7 Å². The first-order valence-corrected chi connectivity index (χ1v) is 8.59. The number of aryl methyl sites for hydroxylation is 1. The van der Waals surface area contributed by atoms with Gasteiger partial charge in [-0.15, -0.1) is 0 Å². The molecule has 1 aliphatic rings. The highest BCUT2D eigenvalue weighted by Gasteiger charge is 2.42. The van der Waals surface area contributed by atoms with Crippen LogP contribution in [0.15, 0.2) is 59.8 Å². The second-order valence-corrected chi connectivity index (χ2v) is 6.23. The van der Waals surface area contributed by atoms with E-state index in [2.05, 4.69) is 17.5 Å². The molecule has 0 radical (unpaired) electrons. The molecule has 3 rings (SSSR count). The van der Waals surface area contributed by atoms with Crippen LogP contribution < -0.4 is 5.43 Å². The fraction of sp³-hybridized carbons (Fsp3) is 0.300. The van der Waals surface area contributed by atoms with Gasteiger partial charge in [0.05, 0.1) is 0 Å². The molecule has 0 saturated heterocycles. The maximum Gasteiger partial charge on any atom is 0.269 e. The third kappa shape index (κ3) is 3.36. The predicted molar refractivity (Wildman–Crippen MR) is 97.9 cm³/mol. The van der Waals surface area contributed by atoms with E-state index in [4.69, 9.17) is 4.84 Å². The maximum atomic E-state index is 12.7. The summed E-state index contributed by atoms with van der Waals surface area (Å²) in [4.78, 5) is 18.4. The summed E-state index contributed by atoms with van der Waals surface area (Å²) in [6.07, 6.45) is 1.61. The van der Waals surface area contributed by atoms with E-state index in [0.717, 1.165) is 12.0 Å². The molecule has 130 valence electrons. The molecule has 1 heterocycles. The van der Waals surface area contributed by atoms with E-state index >= 15 is 0 Å². The number of oxime groups is 1. The number of hydrazine groups is 1. The number of hydrogen-bond donors (Lipinski definition) is 1. The lowest BCUT2D eigenvalue weighted by Gasteiger charge is -2.33. The highest BCUT2D eigenvalue weighted by atomic mass is 16.7. The topological polar surface area (TPSA) is 53.9 Å². The Hall–Kier alpha value is -2.82. The molecule has 1 atom stereocenters. The Balaban J connectivity index is 1.85. The molecule has 0 aromatic heterocycles. The first-order chi connectivity index (χ1) is 12.1. The molecule has 1 N–H and O–H groups in total. The first-order valence-electron chi connectivity index (χ1n) is 8.59. The fourth-order valence-corrected chi connectivity index (χ4v) is 2.67. The molecule has 25 heavy (non-hydrogen) atoms. The van der Waals surface area contributed by atoms with Crippen molar-refractivity contribution in [1.29, 1.82) is 0 Å². The van der Waals surface area contributed by atoms with Crippen LogP contribution in [0.5, 0.6) is 0 Å². The minimum Gasteiger partial charge on any atom is -0.364 e. The maximum absolute atomic E-state index is 12.7. The Labute approximate surface area is 148 Å². The van der Waals surface area contributed by atoms with Gasteiger partial charge in [-0.1, -0.05) is 61.5 Å². The summed E-state index contributed by atoms with van der Waals surface area (Å²) < 4.78 is 0. The number of amidine groups is 1. The minimum absolute atomic E-state index is 0.184. The monoisotopic (exact) mass is 337 g/mol. The van der Waals surface area contributed by atoms with Crippen LogP contribution in [0.2, 0.25) is 0 Å². The van der Waals surface area contributed by atoms with E-state index in [-0.39, 0.29) is 5.91 Å². The lowest BCUT2D eigenvalue weighted by Crippen LogP contribution is -2.55. The van der Waals surface area contributed by atoms with E-state index in [9.17, 15) is 4.79 Å². The van der Waals surface area contributed by atoms with Crippen molar-refractivity contribution in [2.75, 3.05) is 0 Å². The number of nitrogens with zero attached hydrogens (tertiary/aromatic N) is 2. The number of amides is 1. The molecular formula is C20H23N3O2. The van der Waals surface area contributed by atoms with Crippen LogP contribution in [0, 0.1) is 0 Å². The molecule has 1 amide bonds. The van der Waals surface area contributed by atoms with Crippen LogP contribution in [0.25, 0.3) is 0 Å². The zero-order valence-corrected chi connectivity index (χ0v) is 14.8. The SMILES string of the molecule is CCc1ccc(C(=O)NN2C(c3ccccc3)=NOC2(C)CC)cc1. The zero-order chi connectivity index (χ0) is 17.9. The lowest BCUT2D eigenvalue weighted by molar-refractivity contribution is -0.0993. The lowest BCUT2D eigenvalue weighted by atomic mass is 10.1. The minimum atomic E-state index is -0.718. The molecule has 0 fully saturated rings. The Bertz CT molecular complexity index is 771. The standard InChI is InChI=1S/C20H23N3O2/c1-4-15-11-13-17(14-12-15)19(24)21-23-18(16-9-7-6-8-10-16)22-25-20(23,3)5-2/h6-14H,4-5H2,1-3H3,(H,21,24). The van der Waals surface area contributed by atoms with Gasteiger partial charge in [0.25, 0.3) is 5.91 Å². The smallest absolute Gasteiger partial charge is 0.269 e. The van der Waals surface area contributed by atoms with Crippen molar-refractivity contribution in [2.24, 2.45) is 5.16 Å². The van der Waals surface area contributed by atoms with Crippen LogP contribution in [-0.4, -0.2) is 22.5 Å². The fourth-order valence-electron chi connectivity index (χ4n) is 2.67. The van der Waals surface area contributed by atoms with Crippen LogP contribution in [0.4, 0.5) is 0 Å². The van der Waals surface area contributed by atoms with E-state index in [1.807, 2.05) is 68.4 Å². The van der Waals surface area contributed by atoms with Crippen LogP contribution in [-0.2, 0) is 11.3 Å². The van der Waals surface area contributed by atoms with Gasteiger partial charge in [-0.05, 0) is 31.0 Å². The molecule has 1 unspecified atom stereocenters. The number of hydrogen-bond acceptors (Lipinski definition) is 4. The summed E-state index contributed by atoms with van der Waals surface area (Å²) >= 11 is 0. The van der Waals surface area contributed by atoms with E-state index in [0.29, 0.717) is 17.8 Å². The highest BCUT2D eigenvalue weighted by Crippen LogP contribution is 2.28. The molecule has 5 nitrogen and oxygen atoms in total. The van der Waals surface area contributed by atoms with Crippen molar-refractivity contribution in [2.45, 2.75) is 39.3 Å². The predicted octanol–water partition coefficient (Wildman–Crippen LogP) is 3.71. The van der Waals surface area contributed by atoms with Crippen LogP contribution >= 0.6 is 0 Å². The molecule has 0 saturated carbocycles. The van der Waals surface area contributed by atoms with Crippen molar-refractivity contribution in [3.63, 3.8) is 0 Å². The highest BCUT2D eigenvalue weighted by molar-refractivity contribution is 6.02. The Kier molecular flexibility index (Phi) is 4.74. The van der Waals surface area contributed by atoms with Gasteiger partial charge in [-0.25, -0.2) is 5.01 Å². The average Bonchev–Trinajstić information content (AvgIpc) is 2.99. The van der Waals surface area contributed by atoms with E-state index < -0.39 is 5.72 Å². The summed E-state index contributed by atoms with van der Waals surface area (Å²) in [6.45, 7) is 6.00. The molecule has 0 spiro atoms. The Morgan fingerprint density at radius 1 is 1.12 bits per heavy atom. The van der Waals surface area contributed by atoms with Crippen molar-refractivity contribution < 1.29 is 9.63 Å². The van der Waals surface area contributed by atoms with E-state index in [1.165, 1.54) is 5.56 Å². The summed E-state index contributed by atoms with van der Waals surface area (Å²) in [7, 11) is 0. The van der Waals surface area contributed by atoms with Crippen molar-refractivity contribution in [1.82, 2.24) is 10.4 Å². The van der Waals surface area contributed by atoms with Gasteiger partial charge in [0.15, 0.2) is 5.84 Å². The summed E-state index contributed by atoms with van der Waals surface area (Å²) in [5, 5.41) is 5.93. The third-order valence-electron chi connectivity index (χ3n) is 4.54. The average molecular weight is 337 g/mol. The normalized spacial score (nSPS) is 19.3. The van der Waals surface area contributed by atoms with Crippen LogP contribution in [0.1, 0.15) is 48.7 Å². The van der Waals surface area contributed by atoms with Gasteiger partial charge in [0.2, 0.25) is 5.72 Å². The van der Waals surface area contributed by atoms with Crippen molar-refractivity contribution in [3.8, 4) is 0 Å². The third-order valence-corrected chi connectivity index (χ3v) is 4.54. The number of benzene rings is 2. The first kappa shape index (κ1) is 17.0. The zero-order valence-electron chi connectivity index (χ0n) is 14.8. The molecule has 0 bridgehead atoms. The Morgan fingerprint density at radius 3 is 2.40 bits per heavy atom. The summed E-state index contributed by atoms with van der Waals surface area (Å²) in [5.41, 5.74) is 4.94. The van der Waals surface area contributed by atoms with Crippen molar-refractivity contribution in [3.05, 3.63) is 71.3 Å². The van der Waals surface area contributed by atoms with Gasteiger partial charge in [0.1, 0.15) is 0 Å². The number of nitrogens with one attached hydrogen (secondary N) is 1. The number of carbonyl (C=O) groups excluding carboxylic acids is 1. The summed E-state index contributed by atoms with van der Waals surface area (Å²) in [6, 6.07) is 17.3. The molecule has 0 aliphatic carbocycles. The molecular weight excluding hydrogens is 314 g/mol. The van der Waals surface area contributed by atoms with Gasteiger partial charge in [-0.2, -0.15) is 0 Å². The van der Waals surface area contributed by atoms with Gasteiger partial charge >= 0.3 is 0 Å². The van der Waals surface area contributed by atoms with Gasteiger partial charge in [0, 0.05) is 17.5 Å². The second kappa shape index (κ2) is 6.97. The van der Waals surface area contributed by atoms with Gasteiger partial charge < -0.3 is 4.84 Å². The second-order valence-electron chi connectivity index (χ2n) is 6.23. The number of rotatable bonds is 5. The number of carbonyl (C=O) groups is 1. The molecule has 2 aromatic carbocycles. The largest absolute Gasteiger partial charge is 0.364 e. The van der Waals surface area contributed by atoms with Crippen LogP contribution in [0.3, 0.4) is 0 Å². The molecule has 5 heteroatoms. The Morgan fingerprint density at radius 2 is 1.80 bits per heavy atom. The molecule has 2 aromatic rings. The molecule has 1 aliphatic heterocycles. The van der Waals surface area contributed by atoms with Gasteiger partial charge in [-0.3, -0.25) is 10.2 Å². The quantitative estimate of drug-likeness (QED) is 0.905. The summed E-state index contributed by atoms with van der Waals surface area (Å²) in [5.74, 6) is 0.417. The van der Waals surface area contributed by atoms with E-state index in [1.54, 1.807) is 5.01 Å².